The van der Waals surface area contributed by atoms with E-state index in [0.29, 0.717) is 5.56 Å². The van der Waals surface area contributed by atoms with Gasteiger partial charge in [0.25, 0.3) is 0 Å². The highest BCUT2D eigenvalue weighted by atomic mass is 19.1. The summed E-state index contributed by atoms with van der Waals surface area (Å²) in [6.45, 7) is 2.23. The molecule has 1 aromatic carbocycles. The molecular formula is C14H16FNO. The van der Waals surface area contributed by atoms with Gasteiger partial charge in [0.2, 0.25) is 0 Å². The standard InChI is InChI=1S/C14H16FNO/c1-10-2-5-12(6-3-10)17-14-7-4-11(9-16)8-13(14)15/h4,7-8,10,12H,2-3,5-6H2,1H3. The number of hydrogen-bond donors (Lipinski definition) is 0. The van der Waals surface area contributed by atoms with Gasteiger partial charge >= 0.3 is 0 Å². The topological polar surface area (TPSA) is 33.0 Å². The molecule has 0 saturated heterocycles. The van der Waals surface area contributed by atoms with Gasteiger partial charge in [-0.3, -0.25) is 0 Å². The maximum Gasteiger partial charge on any atom is 0.166 e. The fourth-order valence-electron chi connectivity index (χ4n) is 2.19. The fourth-order valence-corrected chi connectivity index (χ4v) is 2.19. The zero-order chi connectivity index (χ0) is 12.3. The average Bonchev–Trinajstić information content (AvgIpc) is 2.34. The van der Waals surface area contributed by atoms with Gasteiger partial charge in [-0.25, -0.2) is 4.39 Å². The molecular weight excluding hydrogens is 217 g/mol. The Bertz CT molecular complexity index is 430. The lowest BCUT2D eigenvalue weighted by molar-refractivity contribution is 0.130. The van der Waals surface area contributed by atoms with E-state index < -0.39 is 5.82 Å². The van der Waals surface area contributed by atoms with Gasteiger partial charge in [0.05, 0.1) is 17.7 Å². The molecule has 0 bridgehead atoms. The minimum Gasteiger partial charge on any atom is -0.487 e. The zero-order valence-corrected chi connectivity index (χ0v) is 9.95. The smallest absolute Gasteiger partial charge is 0.166 e. The van der Waals surface area contributed by atoms with Crippen LogP contribution in [0.15, 0.2) is 18.2 Å². The minimum absolute atomic E-state index is 0.119. The Balaban J connectivity index is 2.02. The molecule has 90 valence electrons. The number of benzene rings is 1. The third-order valence-electron chi connectivity index (χ3n) is 3.32. The highest BCUT2D eigenvalue weighted by Crippen LogP contribution is 2.28. The predicted octanol–water partition coefficient (Wildman–Crippen LogP) is 3.65. The largest absolute Gasteiger partial charge is 0.487 e. The third-order valence-corrected chi connectivity index (χ3v) is 3.32. The molecule has 17 heavy (non-hydrogen) atoms. The van der Waals surface area contributed by atoms with Crippen molar-refractivity contribution in [2.75, 3.05) is 0 Å². The maximum atomic E-state index is 13.6. The van der Waals surface area contributed by atoms with Crippen molar-refractivity contribution in [1.29, 1.82) is 5.26 Å². The van der Waals surface area contributed by atoms with Crippen molar-refractivity contribution >= 4 is 0 Å². The summed E-state index contributed by atoms with van der Waals surface area (Å²) in [5, 5.41) is 8.65. The van der Waals surface area contributed by atoms with Crippen molar-refractivity contribution in [3.63, 3.8) is 0 Å². The van der Waals surface area contributed by atoms with E-state index in [1.54, 1.807) is 12.1 Å². The van der Waals surface area contributed by atoms with E-state index in [1.807, 2.05) is 6.07 Å². The monoisotopic (exact) mass is 233 g/mol. The van der Waals surface area contributed by atoms with Gasteiger partial charge in [-0.15, -0.1) is 0 Å². The van der Waals surface area contributed by atoms with E-state index in [4.69, 9.17) is 10.00 Å². The molecule has 0 aliphatic heterocycles. The van der Waals surface area contributed by atoms with E-state index in [0.717, 1.165) is 31.6 Å². The van der Waals surface area contributed by atoms with Crippen LogP contribution in [0.2, 0.25) is 0 Å². The lowest BCUT2D eigenvalue weighted by Gasteiger charge is -2.26. The maximum absolute atomic E-state index is 13.6. The summed E-state index contributed by atoms with van der Waals surface area (Å²) in [7, 11) is 0. The fraction of sp³-hybridized carbons (Fsp3) is 0.500. The highest BCUT2D eigenvalue weighted by Gasteiger charge is 2.20. The highest BCUT2D eigenvalue weighted by molar-refractivity contribution is 5.36. The van der Waals surface area contributed by atoms with Gasteiger partial charge in [-0.05, 0) is 49.8 Å². The second kappa shape index (κ2) is 5.18. The summed E-state index contributed by atoms with van der Waals surface area (Å²) < 4.78 is 19.2. The summed E-state index contributed by atoms with van der Waals surface area (Å²) in [6, 6.07) is 6.27. The number of nitriles is 1. The molecule has 1 fully saturated rings. The van der Waals surface area contributed by atoms with E-state index in [-0.39, 0.29) is 11.9 Å². The molecule has 0 spiro atoms. The van der Waals surface area contributed by atoms with E-state index in [2.05, 4.69) is 6.92 Å². The summed E-state index contributed by atoms with van der Waals surface area (Å²) in [6.07, 6.45) is 4.38. The number of rotatable bonds is 2. The second-order valence-electron chi connectivity index (χ2n) is 4.76. The summed E-state index contributed by atoms with van der Waals surface area (Å²) >= 11 is 0. The van der Waals surface area contributed by atoms with Crippen molar-refractivity contribution in [3.05, 3.63) is 29.6 Å². The van der Waals surface area contributed by atoms with Crippen LogP contribution in [0.4, 0.5) is 4.39 Å². The average molecular weight is 233 g/mol. The van der Waals surface area contributed by atoms with Gasteiger partial charge in [-0.2, -0.15) is 5.26 Å². The van der Waals surface area contributed by atoms with Crippen LogP contribution in [-0.4, -0.2) is 6.10 Å². The molecule has 0 atom stereocenters. The molecule has 2 rings (SSSR count). The van der Waals surface area contributed by atoms with Crippen LogP contribution in [0, 0.1) is 23.1 Å². The Kier molecular flexibility index (Phi) is 3.63. The SMILES string of the molecule is CC1CCC(Oc2ccc(C#N)cc2F)CC1. The molecule has 3 heteroatoms. The van der Waals surface area contributed by atoms with Crippen molar-refractivity contribution in [3.8, 4) is 11.8 Å². The molecule has 1 aliphatic carbocycles. The van der Waals surface area contributed by atoms with E-state index >= 15 is 0 Å². The second-order valence-corrected chi connectivity index (χ2v) is 4.76. The summed E-state index contributed by atoms with van der Waals surface area (Å²) in [5.74, 6) is 0.576. The Morgan fingerprint density at radius 2 is 2.00 bits per heavy atom. The van der Waals surface area contributed by atoms with Gasteiger partial charge in [-0.1, -0.05) is 6.92 Å². The van der Waals surface area contributed by atoms with Crippen LogP contribution in [0.3, 0.4) is 0 Å². The van der Waals surface area contributed by atoms with Crippen molar-refractivity contribution < 1.29 is 9.13 Å². The molecule has 1 aromatic rings. The van der Waals surface area contributed by atoms with Crippen LogP contribution in [0.5, 0.6) is 5.75 Å². The Hall–Kier alpha value is -1.56. The van der Waals surface area contributed by atoms with Crippen LogP contribution < -0.4 is 4.74 Å². The quantitative estimate of drug-likeness (QED) is 0.781. The predicted molar refractivity (Wildman–Crippen MR) is 63.2 cm³/mol. The third kappa shape index (κ3) is 2.97. The van der Waals surface area contributed by atoms with Crippen molar-refractivity contribution in [2.45, 2.75) is 38.7 Å². The Morgan fingerprint density at radius 3 is 2.59 bits per heavy atom. The van der Waals surface area contributed by atoms with Crippen molar-refractivity contribution in [2.24, 2.45) is 5.92 Å². The Labute approximate surface area is 101 Å². The molecule has 1 aliphatic rings. The number of hydrogen-bond acceptors (Lipinski definition) is 2. The molecule has 0 heterocycles. The van der Waals surface area contributed by atoms with Crippen LogP contribution in [0.1, 0.15) is 38.2 Å². The van der Waals surface area contributed by atoms with Gasteiger partial charge < -0.3 is 4.74 Å². The lowest BCUT2D eigenvalue weighted by Crippen LogP contribution is -2.23. The first-order chi connectivity index (χ1) is 8.19. The molecule has 0 radical (unpaired) electrons. The molecule has 1 saturated carbocycles. The van der Waals surface area contributed by atoms with Gasteiger partial charge in [0.1, 0.15) is 0 Å². The van der Waals surface area contributed by atoms with Crippen molar-refractivity contribution in [1.82, 2.24) is 0 Å². The first kappa shape index (κ1) is 11.9. The van der Waals surface area contributed by atoms with Crippen LogP contribution in [0.25, 0.3) is 0 Å². The number of halogens is 1. The van der Waals surface area contributed by atoms with Crippen LogP contribution in [-0.2, 0) is 0 Å². The summed E-state index contributed by atoms with van der Waals surface area (Å²) in [5.41, 5.74) is 0.326. The van der Waals surface area contributed by atoms with Crippen LogP contribution >= 0.6 is 0 Å². The molecule has 2 nitrogen and oxygen atoms in total. The molecule has 0 amide bonds. The van der Waals surface area contributed by atoms with E-state index in [9.17, 15) is 4.39 Å². The van der Waals surface area contributed by atoms with E-state index in [1.165, 1.54) is 6.07 Å². The molecule has 0 N–H and O–H groups in total. The first-order valence-corrected chi connectivity index (χ1v) is 6.05. The summed E-state index contributed by atoms with van der Waals surface area (Å²) in [4.78, 5) is 0. The normalized spacial score (nSPS) is 24.1. The Morgan fingerprint density at radius 1 is 1.29 bits per heavy atom. The van der Waals surface area contributed by atoms with Gasteiger partial charge in [0.15, 0.2) is 11.6 Å². The first-order valence-electron chi connectivity index (χ1n) is 6.05. The zero-order valence-electron chi connectivity index (χ0n) is 9.95. The van der Waals surface area contributed by atoms with Gasteiger partial charge in [0, 0.05) is 0 Å². The lowest BCUT2D eigenvalue weighted by atomic mass is 9.89. The number of ether oxygens (including phenoxy) is 1. The number of nitrogens with zero attached hydrogens (tertiary/aromatic N) is 1. The molecule has 0 aromatic heterocycles. The minimum atomic E-state index is -0.442. The molecule has 0 unspecified atom stereocenters.